The molecule has 0 aliphatic carbocycles. The first-order valence-electron chi connectivity index (χ1n) is 7.92. The van der Waals surface area contributed by atoms with Crippen molar-refractivity contribution in [1.29, 1.82) is 0 Å². The van der Waals surface area contributed by atoms with Gasteiger partial charge in [0, 0.05) is 15.7 Å². The Morgan fingerprint density at radius 2 is 1.85 bits per heavy atom. The Morgan fingerprint density at radius 1 is 1.08 bits per heavy atom. The quantitative estimate of drug-likeness (QED) is 0.683. The zero-order valence-electron chi connectivity index (χ0n) is 13.5. The number of benzene rings is 2. The van der Waals surface area contributed by atoms with Crippen LogP contribution in [0.3, 0.4) is 0 Å². The molecule has 1 aromatic heterocycles. The molecule has 0 unspecified atom stereocenters. The topological polar surface area (TPSA) is 74.6 Å². The molecule has 130 valence electrons. The summed E-state index contributed by atoms with van der Waals surface area (Å²) in [5.41, 5.74) is 4.30. The summed E-state index contributed by atoms with van der Waals surface area (Å²) in [7, 11) is 0. The van der Waals surface area contributed by atoms with Gasteiger partial charge in [-0.3, -0.25) is 15.0 Å². The summed E-state index contributed by atoms with van der Waals surface area (Å²) in [6.07, 6.45) is 0.878. The van der Waals surface area contributed by atoms with E-state index in [1.165, 1.54) is 11.3 Å². The van der Waals surface area contributed by atoms with Crippen molar-refractivity contribution < 1.29 is 14.0 Å². The van der Waals surface area contributed by atoms with Crippen LogP contribution in [-0.2, 0) is 0 Å². The minimum Gasteiger partial charge on any atom is -0.465 e. The van der Waals surface area contributed by atoms with Crippen molar-refractivity contribution in [1.82, 2.24) is 10.4 Å². The average Bonchev–Trinajstić information content (AvgIpc) is 3.19. The number of hydrazine groups is 1. The van der Waals surface area contributed by atoms with E-state index in [0.29, 0.717) is 22.6 Å². The molecule has 0 bridgehead atoms. The van der Waals surface area contributed by atoms with Gasteiger partial charge >= 0.3 is 0 Å². The van der Waals surface area contributed by atoms with Crippen LogP contribution < -0.4 is 10.7 Å². The van der Waals surface area contributed by atoms with Crippen molar-refractivity contribution in [2.24, 2.45) is 0 Å². The van der Waals surface area contributed by atoms with Gasteiger partial charge in [-0.15, -0.1) is 0 Å². The fraction of sp³-hybridized carbons (Fsp3) is 0.0526. The first kappa shape index (κ1) is 16.4. The fourth-order valence-electron chi connectivity index (χ4n) is 2.79. The Labute approximate surface area is 157 Å². The van der Waals surface area contributed by atoms with Crippen LogP contribution in [0.5, 0.6) is 0 Å². The highest BCUT2D eigenvalue weighted by Crippen LogP contribution is 2.32. The van der Waals surface area contributed by atoms with Crippen LogP contribution in [0.2, 0.25) is 0 Å². The number of halogens is 1. The van der Waals surface area contributed by atoms with Crippen molar-refractivity contribution in [2.45, 2.75) is 6.17 Å². The van der Waals surface area contributed by atoms with Gasteiger partial charge in [-0.1, -0.05) is 28.1 Å². The van der Waals surface area contributed by atoms with Crippen molar-refractivity contribution in [2.75, 3.05) is 5.32 Å². The minimum atomic E-state index is -0.646. The lowest BCUT2D eigenvalue weighted by atomic mass is 10.1. The number of nitrogens with one attached hydrogen (secondary N) is 2. The molecule has 1 atom stereocenters. The van der Waals surface area contributed by atoms with Crippen LogP contribution in [0.15, 0.2) is 75.8 Å². The molecular formula is C19H14BrN3O3. The number of hydrogen-bond acceptors (Lipinski definition) is 4. The molecular weight excluding hydrogens is 398 g/mol. The Kier molecular flexibility index (Phi) is 4.22. The van der Waals surface area contributed by atoms with Gasteiger partial charge in [0.1, 0.15) is 5.76 Å². The van der Waals surface area contributed by atoms with Crippen molar-refractivity contribution in [3.63, 3.8) is 0 Å². The number of fused-ring (bicyclic) bond motifs is 1. The van der Waals surface area contributed by atoms with Gasteiger partial charge in [0.15, 0.2) is 6.17 Å². The molecule has 0 spiro atoms. The van der Waals surface area contributed by atoms with E-state index < -0.39 is 6.17 Å². The summed E-state index contributed by atoms with van der Waals surface area (Å²) < 4.78 is 6.32. The highest BCUT2D eigenvalue weighted by Gasteiger charge is 2.35. The normalized spacial score (nSPS) is 16.0. The molecule has 2 heterocycles. The second-order valence-electron chi connectivity index (χ2n) is 5.73. The molecule has 26 heavy (non-hydrogen) atoms. The number of carbonyl (C=O) groups excluding carboxylic acids is 2. The van der Waals surface area contributed by atoms with E-state index in [1.807, 2.05) is 12.1 Å². The summed E-state index contributed by atoms with van der Waals surface area (Å²) in [6.45, 7) is 0. The number of hydrogen-bond donors (Lipinski definition) is 2. The molecule has 1 aliphatic heterocycles. The number of carbonyl (C=O) groups is 2. The standard InChI is InChI=1S/C19H14BrN3O3/c20-13-9-7-12(8-10-13)18(24)22-23-17(16-6-3-11-26-16)21-15-5-2-1-4-14(15)19(23)25/h1-11,17,21H,(H,22,24)/t17-/m0/s1. The number of nitrogens with zero attached hydrogens (tertiary/aromatic N) is 1. The van der Waals surface area contributed by atoms with Gasteiger partial charge in [0.05, 0.1) is 11.8 Å². The third-order valence-corrected chi connectivity index (χ3v) is 4.60. The van der Waals surface area contributed by atoms with Gasteiger partial charge in [-0.2, -0.15) is 0 Å². The molecule has 1 aliphatic rings. The number of para-hydroxylation sites is 1. The predicted octanol–water partition coefficient (Wildman–Crippen LogP) is 3.95. The van der Waals surface area contributed by atoms with Gasteiger partial charge in [0.25, 0.3) is 11.8 Å². The third-order valence-electron chi connectivity index (χ3n) is 4.07. The molecule has 0 radical (unpaired) electrons. The first-order chi connectivity index (χ1) is 12.6. The van der Waals surface area contributed by atoms with Crippen LogP contribution in [0.25, 0.3) is 0 Å². The molecule has 2 amide bonds. The maximum Gasteiger partial charge on any atom is 0.276 e. The molecule has 0 saturated carbocycles. The Hall–Kier alpha value is -3.06. The SMILES string of the molecule is O=C(NN1C(=O)c2ccccc2N[C@@H]1c1ccco1)c1ccc(Br)cc1. The van der Waals surface area contributed by atoms with E-state index in [4.69, 9.17) is 4.42 Å². The summed E-state index contributed by atoms with van der Waals surface area (Å²) in [5, 5.41) is 4.49. The summed E-state index contributed by atoms with van der Waals surface area (Å²) in [4.78, 5) is 25.6. The van der Waals surface area contributed by atoms with E-state index in [-0.39, 0.29) is 11.8 Å². The zero-order valence-corrected chi connectivity index (χ0v) is 15.1. The minimum absolute atomic E-state index is 0.314. The molecule has 0 saturated heterocycles. The maximum atomic E-state index is 13.0. The van der Waals surface area contributed by atoms with Crippen LogP contribution in [0, 0.1) is 0 Å². The Morgan fingerprint density at radius 3 is 2.58 bits per heavy atom. The van der Waals surface area contributed by atoms with E-state index in [9.17, 15) is 9.59 Å². The average molecular weight is 412 g/mol. The van der Waals surface area contributed by atoms with Gasteiger partial charge in [-0.05, 0) is 48.5 Å². The monoisotopic (exact) mass is 411 g/mol. The first-order valence-corrected chi connectivity index (χ1v) is 8.72. The van der Waals surface area contributed by atoms with E-state index in [0.717, 1.165) is 4.47 Å². The number of furan rings is 1. The molecule has 6 nitrogen and oxygen atoms in total. The lowest BCUT2D eigenvalue weighted by molar-refractivity contribution is 0.0467. The number of rotatable bonds is 3. The highest BCUT2D eigenvalue weighted by atomic mass is 79.9. The number of anilines is 1. The van der Waals surface area contributed by atoms with Crippen LogP contribution in [-0.4, -0.2) is 16.8 Å². The molecule has 2 aromatic carbocycles. The lowest BCUT2D eigenvalue weighted by Gasteiger charge is -2.36. The Balaban J connectivity index is 1.68. The second kappa shape index (κ2) is 6.68. The van der Waals surface area contributed by atoms with E-state index in [1.54, 1.807) is 48.5 Å². The van der Waals surface area contributed by atoms with Gasteiger partial charge < -0.3 is 9.73 Å². The fourth-order valence-corrected chi connectivity index (χ4v) is 3.05. The molecule has 7 heteroatoms. The van der Waals surface area contributed by atoms with Crippen molar-refractivity contribution >= 4 is 33.4 Å². The summed E-state index contributed by atoms with van der Waals surface area (Å²) in [5.74, 6) is -0.182. The van der Waals surface area contributed by atoms with Gasteiger partial charge in [0.2, 0.25) is 0 Å². The van der Waals surface area contributed by atoms with Gasteiger partial charge in [-0.25, -0.2) is 5.01 Å². The maximum absolute atomic E-state index is 13.0. The third kappa shape index (κ3) is 2.97. The van der Waals surface area contributed by atoms with Crippen LogP contribution in [0.4, 0.5) is 5.69 Å². The largest absolute Gasteiger partial charge is 0.465 e. The highest BCUT2D eigenvalue weighted by molar-refractivity contribution is 9.10. The summed E-state index contributed by atoms with van der Waals surface area (Å²) in [6, 6.07) is 17.5. The molecule has 3 aromatic rings. The Bertz CT molecular complexity index is 954. The van der Waals surface area contributed by atoms with Crippen molar-refractivity contribution in [3.05, 3.63) is 88.3 Å². The van der Waals surface area contributed by atoms with Crippen molar-refractivity contribution in [3.8, 4) is 0 Å². The lowest BCUT2D eigenvalue weighted by Crippen LogP contribution is -2.52. The molecule has 4 rings (SSSR count). The number of amides is 2. The van der Waals surface area contributed by atoms with E-state index in [2.05, 4.69) is 26.7 Å². The molecule has 2 N–H and O–H groups in total. The second-order valence-corrected chi connectivity index (χ2v) is 6.65. The summed E-state index contributed by atoms with van der Waals surface area (Å²) >= 11 is 3.34. The van der Waals surface area contributed by atoms with E-state index >= 15 is 0 Å². The van der Waals surface area contributed by atoms with Crippen LogP contribution in [0.1, 0.15) is 32.6 Å². The van der Waals surface area contributed by atoms with Crippen LogP contribution >= 0.6 is 15.9 Å². The zero-order chi connectivity index (χ0) is 18.1. The predicted molar refractivity (Wildman–Crippen MR) is 99.3 cm³/mol. The smallest absolute Gasteiger partial charge is 0.276 e. The molecule has 0 fully saturated rings.